The fourth-order valence-corrected chi connectivity index (χ4v) is 3.50. The maximum Gasteiger partial charge on any atom is 0.420 e. The van der Waals surface area contributed by atoms with Crippen molar-refractivity contribution < 1.29 is 13.2 Å². The summed E-state index contributed by atoms with van der Waals surface area (Å²) in [5, 5.41) is 4.53. The summed E-state index contributed by atoms with van der Waals surface area (Å²) in [5.74, 6) is 0. The minimum atomic E-state index is -4.30. The molecular weight excluding hydrogens is 275 g/mol. The van der Waals surface area contributed by atoms with E-state index in [4.69, 9.17) is 0 Å². The van der Waals surface area contributed by atoms with E-state index in [2.05, 4.69) is 10.3 Å². The van der Waals surface area contributed by atoms with Gasteiger partial charge in [-0.15, -0.1) is 11.3 Å². The highest BCUT2D eigenvalue weighted by Crippen LogP contribution is 2.40. The number of hydrogen-bond donors (Lipinski definition) is 1. The van der Waals surface area contributed by atoms with Crippen molar-refractivity contribution in [2.24, 2.45) is 4.99 Å². The average molecular weight is 289 g/mol. The first-order chi connectivity index (χ1) is 9.03. The van der Waals surface area contributed by atoms with Gasteiger partial charge in [-0.1, -0.05) is 6.07 Å². The molecule has 0 aromatic carbocycles. The minimum Gasteiger partial charge on any atom is -0.290 e. The number of aliphatic imine (C=N–C) groups is 1. The van der Waals surface area contributed by atoms with Gasteiger partial charge in [0.05, 0.1) is 12.3 Å². The van der Waals surface area contributed by atoms with Crippen LogP contribution in [0.25, 0.3) is 0 Å². The van der Waals surface area contributed by atoms with Gasteiger partial charge in [-0.25, -0.2) is 0 Å². The lowest BCUT2D eigenvalue weighted by molar-refractivity contribution is -0.227. The van der Waals surface area contributed by atoms with Gasteiger partial charge in [0.1, 0.15) is 0 Å². The van der Waals surface area contributed by atoms with Gasteiger partial charge < -0.3 is 0 Å². The normalized spacial score (nSPS) is 28.9. The van der Waals surface area contributed by atoms with E-state index in [9.17, 15) is 13.2 Å². The second-order valence-electron chi connectivity index (χ2n) is 4.75. The number of halogens is 3. The van der Waals surface area contributed by atoms with Gasteiger partial charge in [0.25, 0.3) is 0 Å². The molecule has 2 aliphatic rings. The molecule has 1 aromatic heterocycles. The molecule has 0 aliphatic carbocycles. The smallest absolute Gasteiger partial charge is 0.290 e. The van der Waals surface area contributed by atoms with Crippen molar-refractivity contribution in [1.29, 1.82) is 0 Å². The Morgan fingerprint density at radius 3 is 2.89 bits per heavy atom. The van der Waals surface area contributed by atoms with Crippen LogP contribution in [0.3, 0.4) is 0 Å². The molecule has 3 heterocycles. The molecule has 1 atom stereocenters. The third-order valence-corrected chi connectivity index (χ3v) is 4.63. The summed E-state index contributed by atoms with van der Waals surface area (Å²) in [7, 11) is 0. The van der Waals surface area contributed by atoms with Crippen molar-refractivity contribution in [1.82, 2.24) is 10.2 Å². The molecule has 1 fully saturated rings. The number of rotatable bonds is 1. The molecule has 104 valence electrons. The fourth-order valence-electron chi connectivity index (χ4n) is 2.77. The molecule has 0 amide bonds. The average Bonchev–Trinajstić information content (AvgIpc) is 2.95. The molecule has 1 N–H and O–H groups in total. The summed E-state index contributed by atoms with van der Waals surface area (Å²) in [5.41, 5.74) is -1.38. The fraction of sp³-hybridized carbons (Fsp3) is 0.583. The van der Waals surface area contributed by atoms with Gasteiger partial charge in [-0.05, 0) is 11.4 Å². The van der Waals surface area contributed by atoms with Gasteiger partial charge in [0, 0.05) is 30.9 Å². The first-order valence-corrected chi connectivity index (χ1v) is 7.05. The Labute approximate surface area is 113 Å². The number of fused-ring (bicyclic) bond motifs is 1. The molecular formula is C12H14F3N3S. The number of thiophene rings is 1. The van der Waals surface area contributed by atoms with E-state index in [-0.39, 0.29) is 6.42 Å². The van der Waals surface area contributed by atoms with E-state index < -0.39 is 11.8 Å². The predicted octanol–water partition coefficient (Wildman–Crippen LogP) is 2.10. The summed E-state index contributed by atoms with van der Waals surface area (Å²) >= 11 is 1.44. The van der Waals surface area contributed by atoms with Crippen molar-refractivity contribution in [3.8, 4) is 0 Å². The second kappa shape index (κ2) is 4.57. The standard InChI is InChI=1S/C12H14F3N3S/c13-12(14,15)11-8-9(10-2-1-7-19-10)16-3-5-18(11)6-4-17-11/h1-2,7,17H,3-6,8H2/t11-/m0/s1. The summed E-state index contributed by atoms with van der Waals surface area (Å²) in [4.78, 5) is 6.67. The highest BCUT2D eigenvalue weighted by molar-refractivity contribution is 7.12. The Hall–Kier alpha value is -0.920. The van der Waals surface area contributed by atoms with Crippen LogP contribution in [-0.4, -0.2) is 48.6 Å². The molecule has 3 rings (SSSR count). The van der Waals surface area contributed by atoms with E-state index in [0.29, 0.717) is 31.9 Å². The van der Waals surface area contributed by atoms with Crippen molar-refractivity contribution in [2.75, 3.05) is 26.2 Å². The zero-order valence-electron chi connectivity index (χ0n) is 10.2. The molecule has 3 nitrogen and oxygen atoms in total. The highest BCUT2D eigenvalue weighted by atomic mass is 32.1. The van der Waals surface area contributed by atoms with Crippen LogP contribution >= 0.6 is 11.3 Å². The Morgan fingerprint density at radius 2 is 2.21 bits per heavy atom. The summed E-state index contributed by atoms with van der Waals surface area (Å²) in [6.45, 7) is 1.57. The molecule has 1 saturated heterocycles. The summed E-state index contributed by atoms with van der Waals surface area (Å²) in [6.07, 6.45) is -4.41. The van der Waals surface area contributed by atoms with Gasteiger partial charge in [0.15, 0.2) is 5.66 Å². The summed E-state index contributed by atoms with van der Waals surface area (Å²) < 4.78 is 40.6. The van der Waals surface area contributed by atoms with Crippen molar-refractivity contribution in [3.05, 3.63) is 22.4 Å². The Morgan fingerprint density at radius 1 is 1.37 bits per heavy atom. The van der Waals surface area contributed by atoms with Gasteiger partial charge in [0.2, 0.25) is 0 Å². The molecule has 7 heteroatoms. The zero-order valence-corrected chi connectivity index (χ0v) is 11.0. The number of nitrogens with one attached hydrogen (secondary N) is 1. The Kier molecular flexibility index (Phi) is 3.15. The van der Waals surface area contributed by atoms with Gasteiger partial charge >= 0.3 is 6.18 Å². The van der Waals surface area contributed by atoms with Crippen LogP contribution in [0.5, 0.6) is 0 Å². The van der Waals surface area contributed by atoms with Crippen LogP contribution in [0.15, 0.2) is 22.5 Å². The van der Waals surface area contributed by atoms with Crippen molar-refractivity contribution in [3.63, 3.8) is 0 Å². The van der Waals surface area contributed by atoms with Crippen molar-refractivity contribution >= 4 is 17.0 Å². The van der Waals surface area contributed by atoms with Gasteiger partial charge in [-0.2, -0.15) is 13.2 Å². The first-order valence-electron chi connectivity index (χ1n) is 6.17. The third kappa shape index (κ3) is 2.09. The number of hydrogen-bond acceptors (Lipinski definition) is 4. The largest absolute Gasteiger partial charge is 0.420 e. The zero-order chi connectivity index (χ0) is 13.5. The Bertz CT molecular complexity index is 483. The predicted molar refractivity (Wildman–Crippen MR) is 68.7 cm³/mol. The van der Waals surface area contributed by atoms with Crippen LogP contribution in [0.4, 0.5) is 13.2 Å². The van der Waals surface area contributed by atoms with E-state index in [0.717, 1.165) is 4.88 Å². The molecule has 0 radical (unpaired) electrons. The monoisotopic (exact) mass is 289 g/mol. The SMILES string of the molecule is FC(F)(F)[C@]12CC(c3cccs3)=NCCN1CCN2. The first kappa shape index (κ1) is 13.1. The lowest BCUT2D eigenvalue weighted by Crippen LogP contribution is -2.62. The number of alkyl halides is 3. The van der Waals surface area contributed by atoms with Crippen molar-refractivity contribution in [2.45, 2.75) is 18.3 Å². The van der Waals surface area contributed by atoms with Crippen LogP contribution in [-0.2, 0) is 0 Å². The van der Waals surface area contributed by atoms with Crippen LogP contribution in [0.1, 0.15) is 11.3 Å². The highest BCUT2D eigenvalue weighted by Gasteiger charge is 2.61. The van der Waals surface area contributed by atoms with E-state index >= 15 is 0 Å². The molecule has 0 unspecified atom stereocenters. The van der Waals surface area contributed by atoms with Crippen LogP contribution < -0.4 is 5.32 Å². The van der Waals surface area contributed by atoms with Crippen LogP contribution in [0, 0.1) is 0 Å². The maximum atomic E-state index is 13.5. The lowest BCUT2D eigenvalue weighted by atomic mass is 10.0. The minimum absolute atomic E-state index is 0.114. The quantitative estimate of drug-likeness (QED) is 0.857. The van der Waals surface area contributed by atoms with E-state index in [1.165, 1.54) is 16.2 Å². The number of nitrogens with zero attached hydrogens (tertiary/aromatic N) is 2. The second-order valence-corrected chi connectivity index (χ2v) is 5.70. The molecule has 1 aromatic rings. The Balaban J connectivity index is 1.98. The third-order valence-electron chi connectivity index (χ3n) is 3.71. The maximum absolute atomic E-state index is 13.5. The lowest BCUT2D eigenvalue weighted by Gasteiger charge is -2.38. The van der Waals surface area contributed by atoms with Gasteiger partial charge in [-0.3, -0.25) is 15.2 Å². The van der Waals surface area contributed by atoms with E-state index in [1.54, 1.807) is 0 Å². The van der Waals surface area contributed by atoms with Crippen LogP contribution in [0.2, 0.25) is 0 Å². The molecule has 19 heavy (non-hydrogen) atoms. The molecule has 0 saturated carbocycles. The summed E-state index contributed by atoms with van der Waals surface area (Å²) in [6, 6.07) is 3.67. The molecule has 0 bridgehead atoms. The molecule has 0 spiro atoms. The molecule has 2 aliphatic heterocycles. The topological polar surface area (TPSA) is 27.6 Å². The van der Waals surface area contributed by atoms with E-state index in [1.807, 2.05) is 17.5 Å².